The molecule has 8 aliphatic rings. The molecule has 4 saturated heterocycles. The van der Waals surface area contributed by atoms with Gasteiger partial charge in [-0.3, -0.25) is 30.1 Å². The van der Waals surface area contributed by atoms with Gasteiger partial charge >= 0.3 is 19.3 Å². The summed E-state index contributed by atoms with van der Waals surface area (Å²) in [5.74, 6) is 2.25. The Bertz CT molecular complexity index is 5010. The third kappa shape index (κ3) is 23.3. The number of piperidine rings is 1. The van der Waals surface area contributed by atoms with E-state index in [-0.39, 0.29) is 24.6 Å². The van der Waals surface area contributed by atoms with Crippen molar-refractivity contribution in [2.24, 2.45) is 28.7 Å². The van der Waals surface area contributed by atoms with Crippen molar-refractivity contribution in [1.82, 2.24) is 90.2 Å². The van der Waals surface area contributed by atoms with Crippen molar-refractivity contribution in [3.63, 3.8) is 0 Å². The molecule has 18 heterocycles. The summed E-state index contributed by atoms with van der Waals surface area (Å²) < 4.78 is 45.4. The van der Waals surface area contributed by atoms with Gasteiger partial charge in [0.25, 0.3) is 0 Å². The number of carbonyl (C=O) groups is 2. The van der Waals surface area contributed by atoms with Crippen LogP contribution in [-0.4, -0.2) is 178 Å². The van der Waals surface area contributed by atoms with Gasteiger partial charge in [-0.15, -0.1) is 0 Å². The van der Waals surface area contributed by atoms with Gasteiger partial charge in [0.2, 0.25) is 0 Å². The normalized spacial score (nSPS) is 22.5. The SMILES string of the molecule is Brc1ccc2[nH]ncc2n1.Brc1ccc2c(cnn2C2CCCCO2)n1.C1=COCCC1.CC1CC=C(B2OC(C)(C)C(C)(C)O2)N(C(=O)OC(C)(C)C)C1.CC1CC=C(c2ccc3c(cnn3C3CCCCO3)n2)N(C(=O)OC(C)(C)C)C1.CC1CCC(c2ccc3[nH]ncc3n2)=NC1.C[C@@H]1CC[C@@H](c2ccc3[nH]ncc3n2)NC1. The lowest BCUT2D eigenvalue weighted by Gasteiger charge is -2.34. The van der Waals surface area contributed by atoms with Gasteiger partial charge in [-0.05, 0) is 288 Å². The van der Waals surface area contributed by atoms with Crippen molar-refractivity contribution in [2.45, 2.75) is 228 Å². The van der Waals surface area contributed by atoms with Gasteiger partial charge in [0.15, 0.2) is 12.5 Å². The molecule has 7 atom stereocenters. The number of ether oxygens (including phenoxy) is 5. The highest BCUT2D eigenvalue weighted by Crippen LogP contribution is 2.41. The summed E-state index contributed by atoms with van der Waals surface area (Å²) in [6, 6.07) is 20.4. The van der Waals surface area contributed by atoms with E-state index in [1.54, 1.807) is 47.0 Å². The molecular formula is C85H114BBr2N19O9. The first-order chi connectivity index (χ1) is 55.5. The van der Waals surface area contributed by atoms with Gasteiger partial charge in [0, 0.05) is 38.9 Å². The van der Waals surface area contributed by atoms with E-state index in [0.29, 0.717) is 36.9 Å². The number of allylic oxidation sites excluding steroid dienone is 3. The Kier molecular flexibility index (Phi) is 29.2. The molecule has 0 radical (unpaired) electrons. The fourth-order valence-electron chi connectivity index (χ4n) is 14.1. The molecule has 18 rings (SSSR count). The van der Waals surface area contributed by atoms with Crippen LogP contribution in [0.25, 0.3) is 60.9 Å². The molecule has 0 bridgehead atoms. The lowest BCUT2D eigenvalue weighted by atomic mass is 9.79. The van der Waals surface area contributed by atoms with Crippen molar-refractivity contribution < 1.29 is 42.6 Å². The second kappa shape index (κ2) is 39.1. The van der Waals surface area contributed by atoms with Gasteiger partial charge in [-0.1, -0.05) is 39.8 Å². The number of halogens is 2. The van der Waals surface area contributed by atoms with Gasteiger partial charge in [0.05, 0.1) is 117 Å². The topological polar surface area (TPSA) is 316 Å². The molecule has 4 fully saturated rings. The van der Waals surface area contributed by atoms with Crippen LogP contribution in [0.1, 0.15) is 222 Å². The summed E-state index contributed by atoms with van der Waals surface area (Å²) in [5, 5.41) is 32.9. The van der Waals surface area contributed by atoms with Crippen molar-refractivity contribution >= 4 is 118 Å². The largest absolute Gasteiger partial charge is 0.512 e. The average molecular weight is 1720 g/mol. The molecule has 0 saturated carbocycles. The smallest absolute Gasteiger partial charge is 0.502 e. The molecule has 0 aromatic carbocycles. The van der Waals surface area contributed by atoms with E-state index < -0.39 is 29.5 Å². The number of pyridine rings is 5. The number of amides is 2. The molecule has 31 heteroatoms. The number of nitrogens with one attached hydrogen (secondary N) is 4. The molecular weight excluding hydrogens is 1600 g/mol. The minimum atomic E-state index is -0.542. The molecule has 10 aromatic heterocycles. The number of aliphatic imine (C=N–C) groups is 1. The Morgan fingerprint density at radius 2 is 1.07 bits per heavy atom. The van der Waals surface area contributed by atoms with Gasteiger partial charge < -0.3 is 38.3 Å². The number of carbonyl (C=O) groups excluding carboxylic acids is 2. The zero-order valence-electron chi connectivity index (χ0n) is 69.6. The molecule has 28 nitrogen and oxygen atoms in total. The van der Waals surface area contributed by atoms with E-state index in [1.165, 1.54) is 38.5 Å². The van der Waals surface area contributed by atoms with Crippen LogP contribution in [0.15, 0.2) is 136 Å². The molecule has 2 amide bonds. The predicted octanol–water partition coefficient (Wildman–Crippen LogP) is 18.6. The molecule has 5 unspecified atom stereocenters. The summed E-state index contributed by atoms with van der Waals surface area (Å²) in [6.45, 7) is 33.9. The number of H-pyrrole nitrogens is 3. The first kappa shape index (κ1) is 86.5. The summed E-state index contributed by atoms with van der Waals surface area (Å²) in [6.07, 6.45) is 31.6. The fraction of sp³-hybridized carbons (Fsp3) is 0.541. The quantitative estimate of drug-likeness (QED) is 0.0887. The monoisotopic (exact) mass is 1710 g/mol. The van der Waals surface area contributed by atoms with Crippen LogP contribution in [0.4, 0.5) is 9.59 Å². The molecule has 8 aliphatic heterocycles. The molecule has 10 aromatic rings. The number of hydrogen-bond donors (Lipinski definition) is 4. The van der Waals surface area contributed by atoms with E-state index in [4.69, 9.17) is 38.0 Å². The first-order valence-corrected chi connectivity index (χ1v) is 42.5. The number of aromatic amines is 3. The van der Waals surface area contributed by atoms with Crippen molar-refractivity contribution in [2.75, 3.05) is 46.0 Å². The summed E-state index contributed by atoms with van der Waals surface area (Å²) in [5.41, 5.74) is 13.1. The van der Waals surface area contributed by atoms with Crippen LogP contribution in [-0.2, 0) is 33.0 Å². The fourth-order valence-corrected chi connectivity index (χ4v) is 14.8. The maximum absolute atomic E-state index is 12.8. The Morgan fingerprint density at radius 3 is 1.60 bits per heavy atom. The van der Waals surface area contributed by atoms with Crippen LogP contribution in [0.3, 0.4) is 0 Å². The average Bonchev–Trinajstić information content (AvgIpc) is 1.61. The van der Waals surface area contributed by atoms with Crippen LogP contribution in [0, 0.1) is 23.7 Å². The van der Waals surface area contributed by atoms with E-state index in [9.17, 15) is 9.59 Å². The first-order valence-electron chi connectivity index (χ1n) is 40.9. The highest BCUT2D eigenvalue weighted by atomic mass is 79.9. The summed E-state index contributed by atoms with van der Waals surface area (Å²) in [4.78, 5) is 55.9. The third-order valence-electron chi connectivity index (χ3n) is 21.2. The Morgan fingerprint density at radius 1 is 0.543 bits per heavy atom. The van der Waals surface area contributed by atoms with E-state index in [1.807, 2.05) is 139 Å². The minimum Gasteiger partial charge on any atom is -0.502 e. The zero-order chi connectivity index (χ0) is 82.3. The van der Waals surface area contributed by atoms with Crippen LogP contribution < -0.4 is 5.32 Å². The highest BCUT2D eigenvalue weighted by molar-refractivity contribution is 9.10. The second-order valence-corrected chi connectivity index (χ2v) is 35.7. The highest BCUT2D eigenvalue weighted by Gasteiger charge is 2.54. The standard InChI is InChI=1S/C22H30N4O3.C17H30BNO4.C12H16N4.C12H14N4.C11H12BrN3O.C6H4BrN3.C5H8O/c1-15-8-10-18(25(14-15)21(27)29-22(2,3)4)16-9-11-19-17(24-16)13-23-26(19)20-7-5-6-12-28-20;1-12-9-10-13(18-22-16(5,6)17(7,8)23-18)19(11-12)14(20)21-15(2,3)4;2*1-8-2-3-9(13-6-8)10-4-5-11-12(15-10)7-14-16-11;12-10-5-4-9-8(14-10)7-13-15(9)11-3-1-2-6-16-11;7-6-2-1-4-5(9-6)3-8-10-4;1-2-4-6-5-3-1/h9-11,13,15,20H,5-8,12,14H2,1-4H3;10,12H,9,11H2,1-8H3;4-5,7-9,13H,2-3,6H2,1H3,(H,14,16);4-5,7-8H,2-3,6H2,1H3,(H,14,16);4-5,7,11H,1-3,6H2;1-3H,(H,8,10);2,4H,1,3,5H2/t;;8-,9+;;;;/m..1..../s1. The zero-order valence-corrected chi connectivity index (χ0v) is 72.7. The number of nitrogens with zero attached hydrogens (tertiary/aromatic N) is 15. The van der Waals surface area contributed by atoms with Crippen LogP contribution in [0.5, 0.6) is 0 Å². The molecule has 4 N–H and O–H groups in total. The maximum Gasteiger partial charge on any atom is 0.512 e. The van der Waals surface area contributed by atoms with E-state index in [2.05, 4.69) is 149 Å². The number of rotatable bonds is 6. The van der Waals surface area contributed by atoms with Crippen LogP contribution >= 0.6 is 31.9 Å². The lowest BCUT2D eigenvalue weighted by molar-refractivity contribution is -0.0367. The summed E-state index contributed by atoms with van der Waals surface area (Å²) >= 11 is 6.62. The molecule has 116 heavy (non-hydrogen) atoms. The molecule has 620 valence electrons. The maximum atomic E-state index is 12.8. The minimum absolute atomic E-state index is 0.0260. The number of aromatic nitrogens is 15. The van der Waals surface area contributed by atoms with Gasteiger partial charge in [-0.2, -0.15) is 25.5 Å². The number of hydrogen-bond acceptors (Lipinski definition) is 21. The van der Waals surface area contributed by atoms with Crippen molar-refractivity contribution in [3.8, 4) is 0 Å². The second-order valence-electron chi connectivity index (χ2n) is 34.1. The predicted molar refractivity (Wildman–Crippen MR) is 459 cm³/mol. The van der Waals surface area contributed by atoms with Gasteiger partial charge in [0.1, 0.15) is 48.0 Å². The third-order valence-corrected chi connectivity index (χ3v) is 22.1. The van der Waals surface area contributed by atoms with Crippen molar-refractivity contribution in [3.05, 3.63) is 148 Å². The lowest BCUT2D eigenvalue weighted by Crippen LogP contribution is -2.45. The summed E-state index contributed by atoms with van der Waals surface area (Å²) in [7, 11) is -0.542. The Labute approximate surface area is 696 Å². The molecule has 0 spiro atoms. The van der Waals surface area contributed by atoms with E-state index >= 15 is 0 Å². The molecule has 0 aliphatic carbocycles. The number of fused-ring (bicyclic) bond motifs is 5. The van der Waals surface area contributed by atoms with Crippen molar-refractivity contribution in [1.29, 1.82) is 0 Å². The van der Waals surface area contributed by atoms with E-state index in [0.717, 1.165) is 189 Å². The Balaban J connectivity index is 0.000000129. The van der Waals surface area contributed by atoms with Gasteiger partial charge in [-0.25, -0.2) is 43.9 Å². The van der Waals surface area contributed by atoms with Crippen LogP contribution in [0.2, 0.25) is 0 Å². The Hall–Kier alpha value is -8.85.